The van der Waals surface area contributed by atoms with E-state index in [1.54, 1.807) is 32.3 Å². The first-order chi connectivity index (χ1) is 11.4. The van der Waals surface area contributed by atoms with Gasteiger partial charge in [0.1, 0.15) is 5.75 Å². The maximum Gasteiger partial charge on any atom is 0.340 e. The average molecular weight is 392 g/mol. The van der Waals surface area contributed by atoms with Crippen LogP contribution in [0.4, 0.5) is 0 Å². The molecule has 1 heterocycles. The molecule has 1 amide bonds. The summed E-state index contributed by atoms with van der Waals surface area (Å²) in [6.07, 6.45) is 3.25. The SMILES string of the molecule is C=CCN1C(=O)/C(=C\c2cc(Br)ccc2OC)C(C(=O)OC)=C1C. The van der Waals surface area contributed by atoms with Gasteiger partial charge >= 0.3 is 5.97 Å². The number of benzene rings is 1. The Kier molecular flexibility index (Phi) is 5.62. The number of hydrogen-bond acceptors (Lipinski definition) is 4. The molecule has 0 spiro atoms. The van der Waals surface area contributed by atoms with Crippen molar-refractivity contribution in [1.82, 2.24) is 4.90 Å². The summed E-state index contributed by atoms with van der Waals surface area (Å²) in [5.74, 6) is -0.218. The molecule has 5 nitrogen and oxygen atoms in total. The van der Waals surface area contributed by atoms with Crippen molar-refractivity contribution in [3.05, 3.63) is 57.7 Å². The third kappa shape index (κ3) is 3.28. The Morgan fingerprint density at radius 2 is 2.08 bits per heavy atom. The zero-order chi connectivity index (χ0) is 17.9. The van der Waals surface area contributed by atoms with Gasteiger partial charge in [-0.05, 0) is 31.2 Å². The van der Waals surface area contributed by atoms with E-state index in [1.807, 2.05) is 12.1 Å². The van der Waals surface area contributed by atoms with E-state index in [0.29, 0.717) is 23.6 Å². The molecule has 2 rings (SSSR count). The van der Waals surface area contributed by atoms with Gasteiger partial charge in [0.25, 0.3) is 5.91 Å². The minimum atomic E-state index is -0.548. The van der Waals surface area contributed by atoms with Crippen molar-refractivity contribution in [3.63, 3.8) is 0 Å². The minimum absolute atomic E-state index is 0.256. The largest absolute Gasteiger partial charge is 0.496 e. The van der Waals surface area contributed by atoms with Gasteiger partial charge < -0.3 is 14.4 Å². The van der Waals surface area contributed by atoms with E-state index < -0.39 is 5.97 Å². The maximum absolute atomic E-state index is 12.7. The number of halogens is 1. The molecule has 0 N–H and O–H groups in total. The number of ether oxygens (including phenoxy) is 2. The Bertz CT molecular complexity index is 764. The van der Waals surface area contributed by atoms with Crippen LogP contribution in [0.15, 0.2) is 52.2 Å². The zero-order valence-electron chi connectivity index (χ0n) is 13.8. The van der Waals surface area contributed by atoms with Crippen molar-refractivity contribution >= 4 is 33.9 Å². The number of methoxy groups -OCH3 is 2. The molecule has 0 atom stereocenters. The summed E-state index contributed by atoms with van der Waals surface area (Å²) in [5, 5.41) is 0. The first-order valence-corrected chi connectivity index (χ1v) is 8.01. The van der Waals surface area contributed by atoms with E-state index in [4.69, 9.17) is 9.47 Å². The minimum Gasteiger partial charge on any atom is -0.496 e. The van der Waals surface area contributed by atoms with Crippen molar-refractivity contribution in [3.8, 4) is 5.75 Å². The van der Waals surface area contributed by atoms with E-state index in [1.165, 1.54) is 12.0 Å². The summed E-state index contributed by atoms with van der Waals surface area (Å²) in [4.78, 5) is 26.4. The van der Waals surface area contributed by atoms with Gasteiger partial charge in [0.2, 0.25) is 0 Å². The van der Waals surface area contributed by atoms with Gasteiger partial charge in [0, 0.05) is 22.3 Å². The molecule has 1 aliphatic heterocycles. The second kappa shape index (κ2) is 7.49. The summed E-state index contributed by atoms with van der Waals surface area (Å²) in [5.41, 5.74) is 1.76. The summed E-state index contributed by atoms with van der Waals surface area (Å²) in [6.45, 7) is 5.69. The monoisotopic (exact) mass is 391 g/mol. The molecular weight excluding hydrogens is 374 g/mol. The standard InChI is InChI=1S/C18H18BrNO4/c1-5-8-20-11(2)16(18(22)24-4)14(17(20)21)10-12-9-13(19)6-7-15(12)23-3/h5-7,9-10H,1,8H2,2-4H3/b14-10-. The van der Waals surface area contributed by atoms with E-state index in [2.05, 4.69) is 22.5 Å². The fraction of sp³-hybridized carbons (Fsp3) is 0.222. The van der Waals surface area contributed by atoms with E-state index in [0.717, 1.165) is 4.47 Å². The number of nitrogens with zero attached hydrogens (tertiary/aromatic N) is 1. The molecule has 0 fully saturated rings. The lowest BCUT2D eigenvalue weighted by molar-refractivity contribution is -0.136. The Labute approximate surface area is 149 Å². The maximum atomic E-state index is 12.7. The lowest BCUT2D eigenvalue weighted by atomic mass is 10.0. The Morgan fingerprint density at radius 3 is 2.67 bits per heavy atom. The molecule has 0 radical (unpaired) electrons. The van der Waals surface area contributed by atoms with Crippen LogP contribution in [0.25, 0.3) is 6.08 Å². The molecule has 0 saturated heterocycles. The average Bonchev–Trinajstić information content (AvgIpc) is 2.79. The van der Waals surface area contributed by atoms with Crippen molar-refractivity contribution in [2.75, 3.05) is 20.8 Å². The normalized spacial score (nSPS) is 15.9. The molecule has 6 heteroatoms. The Balaban J connectivity index is 2.62. The molecule has 24 heavy (non-hydrogen) atoms. The Morgan fingerprint density at radius 1 is 1.38 bits per heavy atom. The van der Waals surface area contributed by atoms with Crippen LogP contribution >= 0.6 is 15.9 Å². The van der Waals surface area contributed by atoms with Gasteiger partial charge in [0.05, 0.1) is 25.4 Å². The van der Waals surface area contributed by atoms with Crippen molar-refractivity contribution in [2.45, 2.75) is 6.92 Å². The second-order valence-corrected chi connectivity index (χ2v) is 6.02. The quantitative estimate of drug-likeness (QED) is 0.438. The number of carbonyl (C=O) groups is 2. The predicted octanol–water partition coefficient (Wildman–Crippen LogP) is 3.32. The van der Waals surface area contributed by atoms with Crippen LogP contribution in [0.2, 0.25) is 0 Å². The smallest absolute Gasteiger partial charge is 0.340 e. The third-order valence-electron chi connectivity index (χ3n) is 3.70. The molecule has 0 unspecified atom stereocenters. The van der Waals surface area contributed by atoms with Gasteiger partial charge in [-0.25, -0.2) is 4.79 Å². The molecule has 1 aliphatic rings. The fourth-order valence-corrected chi connectivity index (χ4v) is 2.93. The first-order valence-electron chi connectivity index (χ1n) is 7.22. The molecule has 0 aromatic heterocycles. The molecule has 1 aromatic rings. The van der Waals surface area contributed by atoms with Crippen LogP contribution in [0.5, 0.6) is 5.75 Å². The number of rotatable bonds is 5. The topological polar surface area (TPSA) is 55.8 Å². The highest BCUT2D eigenvalue weighted by atomic mass is 79.9. The Hall–Kier alpha value is -2.34. The molecular formula is C18H18BrNO4. The predicted molar refractivity (Wildman–Crippen MR) is 95.3 cm³/mol. The highest BCUT2D eigenvalue weighted by molar-refractivity contribution is 9.10. The van der Waals surface area contributed by atoms with E-state index in [9.17, 15) is 9.59 Å². The van der Waals surface area contributed by atoms with Crippen LogP contribution in [-0.2, 0) is 14.3 Å². The van der Waals surface area contributed by atoms with Crippen LogP contribution in [0.3, 0.4) is 0 Å². The number of carbonyl (C=O) groups excluding carboxylic acids is 2. The summed E-state index contributed by atoms with van der Waals surface area (Å²) >= 11 is 3.40. The van der Waals surface area contributed by atoms with Gasteiger partial charge in [-0.2, -0.15) is 0 Å². The van der Waals surface area contributed by atoms with Gasteiger partial charge in [-0.1, -0.05) is 22.0 Å². The van der Waals surface area contributed by atoms with Crippen LogP contribution in [-0.4, -0.2) is 37.5 Å². The highest BCUT2D eigenvalue weighted by Crippen LogP contribution is 2.34. The van der Waals surface area contributed by atoms with Gasteiger partial charge in [-0.15, -0.1) is 6.58 Å². The van der Waals surface area contributed by atoms with Crippen molar-refractivity contribution in [2.24, 2.45) is 0 Å². The molecule has 1 aromatic carbocycles. The van der Waals surface area contributed by atoms with Gasteiger partial charge in [-0.3, -0.25) is 4.79 Å². The molecule has 126 valence electrons. The first kappa shape index (κ1) is 18.0. The molecule has 0 bridgehead atoms. The van der Waals surface area contributed by atoms with Crippen molar-refractivity contribution < 1.29 is 19.1 Å². The number of amides is 1. The fourth-order valence-electron chi connectivity index (χ4n) is 2.55. The zero-order valence-corrected chi connectivity index (χ0v) is 15.3. The third-order valence-corrected chi connectivity index (χ3v) is 4.20. The lowest BCUT2D eigenvalue weighted by Crippen LogP contribution is -2.25. The van der Waals surface area contributed by atoms with E-state index >= 15 is 0 Å². The lowest BCUT2D eigenvalue weighted by Gasteiger charge is -2.14. The highest BCUT2D eigenvalue weighted by Gasteiger charge is 2.36. The van der Waals surface area contributed by atoms with Crippen LogP contribution < -0.4 is 4.74 Å². The number of allylic oxidation sites excluding steroid dienone is 1. The summed E-state index contributed by atoms with van der Waals surface area (Å²) in [7, 11) is 2.84. The second-order valence-electron chi connectivity index (χ2n) is 5.10. The summed E-state index contributed by atoms with van der Waals surface area (Å²) < 4.78 is 11.0. The molecule has 0 aliphatic carbocycles. The van der Waals surface area contributed by atoms with Crippen molar-refractivity contribution in [1.29, 1.82) is 0 Å². The van der Waals surface area contributed by atoms with Crippen LogP contribution in [0.1, 0.15) is 12.5 Å². The molecule has 0 saturated carbocycles. The number of esters is 1. The summed E-state index contributed by atoms with van der Waals surface area (Å²) in [6, 6.07) is 5.44. The number of hydrogen-bond donors (Lipinski definition) is 0. The van der Waals surface area contributed by atoms with E-state index in [-0.39, 0.29) is 17.1 Å². The van der Waals surface area contributed by atoms with Crippen LogP contribution in [0, 0.1) is 0 Å². The van der Waals surface area contributed by atoms with Gasteiger partial charge in [0.15, 0.2) is 0 Å².